The number of amides is 1. The Hall–Kier alpha value is -2.09. The molecule has 0 fully saturated rings. The molecule has 1 atom stereocenters. The van der Waals surface area contributed by atoms with Crippen LogP contribution in [0.4, 0.5) is 0 Å². The fourth-order valence-electron chi connectivity index (χ4n) is 1.66. The minimum absolute atomic E-state index is 0.0801. The molecule has 1 heterocycles. The zero-order valence-electron chi connectivity index (χ0n) is 11.9. The monoisotopic (exact) mass is 284 g/mol. The largest absolute Gasteiger partial charge is 0.409 e. The van der Waals surface area contributed by atoms with Crippen LogP contribution >= 0.6 is 0 Å². The fourth-order valence-corrected chi connectivity index (χ4v) is 1.66. The second-order valence-electron chi connectivity index (χ2n) is 4.38. The number of carbonyl (C=O) groups excluding carboxylic acids is 1. The molecule has 0 aliphatic heterocycles. The van der Waals surface area contributed by atoms with Gasteiger partial charge in [0, 0.05) is 32.2 Å². The van der Waals surface area contributed by atoms with Crippen LogP contribution in [0.2, 0.25) is 0 Å². The Morgan fingerprint density at radius 1 is 1.70 bits per heavy atom. The van der Waals surface area contributed by atoms with Gasteiger partial charge in [-0.05, 0) is 6.92 Å². The summed E-state index contributed by atoms with van der Waals surface area (Å²) in [6.45, 7) is 4.68. The molecule has 0 saturated carbocycles. The number of hydrogen-bond donors (Lipinski definition) is 2. The molecule has 112 valence electrons. The first-order valence-electron chi connectivity index (χ1n) is 6.24. The lowest BCUT2D eigenvalue weighted by Gasteiger charge is -2.22. The number of methoxy groups -OCH3 is 1. The van der Waals surface area contributed by atoms with Gasteiger partial charge in [-0.25, -0.2) is 0 Å². The Labute approximate surface area is 117 Å². The lowest BCUT2D eigenvalue weighted by Crippen LogP contribution is -2.38. The van der Waals surface area contributed by atoms with Crippen molar-refractivity contribution in [3.05, 3.63) is 17.5 Å². The van der Waals surface area contributed by atoms with Crippen LogP contribution in [0.5, 0.6) is 0 Å². The highest BCUT2D eigenvalue weighted by molar-refractivity contribution is 5.92. The van der Waals surface area contributed by atoms with Crippen molar-refractivity contribution in [2.24, 2.45) is 16.8 Å². The molecule has 8 heteroatoms. The van der Waals surface area contributed by atoms with E-state index in [2.05, 4.69) is 10.3 Å². The molecule has 0 aliphatic carbocycles. The number of hydrogen-bond acceptors (Lipinski definition) is 6. The third kappa shape index (κ3) is 3.95. The second-order valence-corrected chi connectivity index (χ2v) is 4.38. The molecule has 0 spiro atoms. The molecule has 8 nitrogen and oxygen atoms in total. The number of nitrogens with two attached hydrogens (primary N) is 1. The lowest BCUT2D eigenvalue weighted by molar-refractivity contribution is 0.0742. The summed E-state index contributed by atoms with van der Waals surface area (Å²) >= 11 is 0. The van der Waals surface area contributed by atoms with E-state index in [0.717, 1.165) is 0 Å². The number of ether oxygens (including phenoxy) is 1. The Kier molecular flexibility index (Phi) is 5.98. The fraction of sp³-hybridized carbons (Fsp3) is 0.583. The van der Waals surface area contributed by atoms with Gasteiger partial charge in [-0.3, -0.25) is 4.79 Å². The molecule has 0 aromatic carbocycles. The molecule has 0 aliphatic rings. The average molecular weight is 284 g/mol. The first-order chi connectivity index (χ1) is 9.53. The van der Waals surface area contributed by atoms with Gasteiger partial charge in [0.05, 0.1) is 0 Å². The molecule has 0 bridgehead atoms. The second kappa shape index (κ2) is 7.49. The van der Waals surface area contributed by atoms with E-state index in [1.165, 1.54) is 7.11 Å². The van der Waals surface area contributed by atoms with Crippen LogP contribution in [0.15, 0.2) is 15.7 Å². The molecule has 1 unspecified atom stereocenters. The van der Waals surface area contributed by atoms with Crippen LogP contribution in [-0.2, 0) is 11.3 Å². The van der Waals surface area contributed by atoms with Crippen molar-refractivity contribution < 1.29 is 19.3 Å². The van der Waals surface area contributed by atoms with E-state index >= 15 is 0 Å². The molecular formula is C12H20N4O4. The van der Waals surface area contributed by atoms with Crippen molar-refractivity contribution >= 4 is 11.7 Å². The predicted molar refractivity (Wildman–Crippen MR) is 71.4 cm³/mol. The molecule has 1 aromatic rings. The van der Waals surface area contributed by atoms with E-state index in [1.54, 1.807) is 17.9 Å². The molecule has 20 heavy (non-hydrogen) atoms. The van der Waals surface area contributed by atoms with Crippen molar-refractivity contribution in [3.8, 4) is 0 Å². The van der Waals surface area contributed by atoms with Gasteiger partial charge in [-0.15, -0.1) is 0 Å². The SMILES string of the molecule is CCN(CC(C)C(N)=NO)C(=O)c1cc(COC)on1. The number of nitrogens with zero attached hydrogens (tertiary/aromatic N) is 3. The minimum Gasteiger partial charge on any atom is -0.409 e. The Morgan fingerprint density at radius 2 is 2.40 bits per heavy atom. The van der Waals surface area contributed by atoms with Gasteiger partial charge in [0.15, 0.2) is 11.5 Å². The summed E-state index contributed by atoms with van der Waals surface area (Å²) in [6, 6.07) is 1.54. The van der Waals surface area contributed by atoms with Crippen LogP contribution in [0.25, 0.3) is 0 Å². The Morgan fingerprint density at radius 3 is 2.95 bits per heavy atom. The van der Waals surface area contributed by atoms with Gasteiger partial charge in [0.2, 0.25) is 0 Å². The van der Waals surface area contributed by atoms with Crippen LogP contribution in [0.1, 0.15) is 30.1 Å². The number of aromatic nitrogens is 1. The normalized spacial score (nSPS) is 13.2. The van der Waals surface area contributed by atoms with Crippen LogP contribution in [0, 0.1) is 5.92 Å². The highest BCUT2D eigenvalue weighted by Gasteiger charge is 2.21. The summed E-state index contributed by atoms with van der Waals surface area (Å²) in [5, 5.41) is 15.3. The number of carbonyl (C=O) groups is 1. The van der Waals surface area contributed by atoms with E-state index in [4.69, 9.17) is 20.2 Å². The maximum atomic E-state index is 12.3. The van der Waals surface area contributed by atoms with Gasteiger partial charge in [0.25, 0.3) is 5.91 Å². The third-order valence-electron chi connectivity index (χ3n) is 2.85. The van der Waals surface area contributed by atoms with Crippen molar-refractivity contribution in [2.45, 2.75) is 20.5 Å². The molecule has 0 radical (unpaired) electrons. The van der Waals surface area contributed by atoms with Gasteiger partial charge in [0.1, 0.15) is 12.4 Å². The summed E-state index contributed by atoms with van der Waals surface area (Å²) in [5.74, 6) is 0.0401. The molecular weight excluding hydrogens is 264 g/mol. The number of oxime groups is 1. The quantitative estimate of drug-likeness (QED) is 0.329. The minimum atomic E-state index is -0.267. The third-order valence-corrected chi connectivity index (χ3v) is 2.85. The summed E-state index contributed by atoms with van der Waals surface area (Å²) in [5.41, 5.74) is 5.73. The van der Waals surface area contributed by atoms with Crippen molar-refractivity contribution in [2.75, 3.05) is 20.2 Å². The summed E-state index contributed by atoms with van der Waals surface area (Å²) < 4.78 is 9.88. The van der Waals surface area contributed by atoms with Crippen LogP contribution in [-0.4, -0.2) is 47.2 Å². The van der Waals surface area contributed by atoms with E-state index < -0.39 is 0 Å². The highest BCUT2D eigenvalue weighted by Crippen LogP contribution is 2.10. The summed E-state index contributed by atoms with van der Waals surface area (Å²) in [6.07, 6.45) is 0. The van der Waals surface area contributed by atoms with E-state index in [1.807, 2.05) is 6.92 Å². The maximum absolute atomic E-state index is 12.3. The topological polar surface area (TPSA) is 114 Å². The molecule has 0 saturated heterocycles. The first kappa shape index (κ1) is 16.0. The van der Waals surface area contributed by atoms with Crippen molar-refractivity contribution in [1.82, 2.24) is 10.1 Å². The van der Waals surface area contributed by atoms with E-state index in [-0.39, 0.29) is 30.0 Å². The maximum Gasteiger partial charge on any atom is 0.276 e. The standard InChI is InChI=1S/C12H20N4O4/c1-4-16(6-8(2)11(13)14-18)12(17)10-5-9(7-19-3)20-15-10/h5,8,18H,4,6-7H2,1-3H3,(H2,13,14). The molecule has 3 N–H and O–H groups in total. The van der Waals surface area contributed by atoms with Crippen molar-refractivity contribution in [3.63, 3.8) is 0 Å². The Balaban J connectivity index is 2.75. The molecule has 1 rings (SSSR count). The van der Waals surface area contributed by atoms with Gasteiger partial charge < -0.3 is 25.1 Å². The highest BCUT2D eigenvalue weighted by atomic mass is 16.5. The number of amidine groups is 1. The zero-order valence-corrected chi connectivity index (χ0v) is 11.9. The first-order valence-corrected chi connectivity index (χ1v) is 6.24. The average Bonchev–Trinajstić information content (AvgIpc) is 2.91. The molecule has 1 aromatic heterocycles. The van der Waals surface area contributed by atoms with Crippen molar-refractivity contribution in [1.29, 1.82) is 0 Å². The predicted octanol–water partition coefficient (Wildman–Crippen LogP) is 0.666. The zero-order chi connectivity index (χ0) is 15.1. The Bertz CT molecular complexity index is 472. The lowest BCUT2D eigenvalue weighted by atomic mass is 10.1. The van der Waals surface area contributed by atoms with Crippen LogP contribution < -0.4 is 5.73 Å². The van der Waals surface area contributed by atoms with Crippen LogP contribution in [0.3, 0.4) is 0 Å². The summed E-state index contributed by atoms with van der Waals surface area (Å²) in [4.78, 5) is 13.8. The smallest absolute Gasteiger partial charge is 0.276 e. The van der Waals surface area contributed by atoms with E-state index in [9.17, 15) is 4.79 Å². The van der Waals surface area contributed by atoms with Gasteiger partial charge in [-0.1, -0.05) is 17.2 Å². The molecule has 1 amide bonds. The van der Waals surface area contributed by atoms with E-state index in [0.29, 0.717) is 18.8 Å². The summed E-state index contributed by atoms with van der Waals surface area (Å²) in [7, 11) is 1.53. The van der Waals surface area contributed by atoms with Gasteiger partial charge >= 0.3 is 0 Å². The number of rotatable bonds is 7. The van der Waals surface area contributed by atoms with Gasteiger partial charge in [-0.2, -0.15) is 0 Å².